The molecule has 7 heteroatoms. The third kappa shape index (κ3) is 4.93. The fraction of sp³-hybridized carbons (Fsp3) is 0.412. The third-order valence-corrected chi connectivity index (χ3v) is 4.90. The second-order valence-corrected chi connectivity index (χ2v) is 6.58. The Hall–Kier alpha value is -1.14. The molecular weight excluding hydrogens is 365 g/mol. The van der Waals surface area contributed by atoms with Gasteiger partial charge in [-0.2, -0.15) is 0 Å². The molecule has 1 aromatic carbocycles. The number of carbonyl (C=O) groups is 1. The molecule has 1 aliphatic rings. The molecule has 4 nitrogen and oxygen atoms in total. The standard InChI is InChI=1S/C17H21N3OS.2ClH/c1-18-11-14-8-5-9-20(14)17(21)15-12-22-16(19-15)10-13-6-3-2-4-7-13;;/h2-4,6-7,12,14,18H,5,8-11H2,1H3;2*1H. The van der Waals surface area contributed by atoms with E-state index in [-0.39, 0.29) is 30.7 Å². The number of rotatable bonds is 5. The van der Waals surface area contributed by atoms with E-state index in [9.17, 15) is 4.79 Å². The minimum atomic E-state index is 0. The summed E-state index contributed by atoms with van der Waals surface area (Å²) in [6, 6.07) is 10.5. The summed E-state index contributed by atoms with van der Waals surface area (Å²) >= 11 is 1.57. The van der Waals surface area contributed by atoms with Gasteiger partial charge in [0.15, 0.2) is 0 Å². The molecule has 3 rings (SSSR count). The van der Waals surface area contributed by atoms with Crippen molar-refractivity contribution in [2.75, 3.05) is 20.1 Å². The van der Waals surface area contributed by atoms with E-state index in [0.717, 1.165) is 37.4 Å². The van der Waals surface area contributed by atoms with Crippen LogP contribution >= 0.6 is 36.2 Å². The average Bonchev–Trinajstić information content (AvgIpc) is 3.18. The average molecular weight is 388 g/mol. The number of likely N-dealkylation sites (N-methyl/N-ethyl adjacent to an activating group) is 1. The molecule has 132 valence electrons. The van der Waals surface area contributed by atoms with Gasteiger partial charge in [0.2, 0.25) is 0 Å². The minimum absolute atomic E-state index is 0. The largest absolute Gasteiger partial charge is 0.333 e. The Balaban J connectivity index is 0.00000144. The van der Waals surface area contributed by atoms with E-state index in [1.807, 2.05) is 35.5 Å². The highest BCUT2D eigenvalue weighted by molar-refractivity contribution is 7.09. The predicted molar refractivity (Wildman–Crippen MR) is 104 cm³/mol. The summed E-state index contributed by atoms with van der Waals surface area (Å²) in [6.45, 7) is 1.70. The summed E-state index contributed by atoms with van der Waals surface area (Å²) in [6.07, 6.45) is 2.95. The number of likely N-dealkylation sites (tertiary alicyclic amines) is 1. The number of amides is 1. The predicted octanol–water partition coefficient (Wildman–Crippen LogP) is 3.40. The smallest absolute Gasteiger partial charge is 0.273 e. The van der Waals surface area contributed by atoms with Gasteiger partial charge in [-0.25, -0.2) is 4.98 Å². The van der Waals surface area contributed by atoms with Gasteiger partial charge in [-0.15, -0.1) is 36.2 Å². The topological polar surface area (TPSA) is 45.2 Å². The Bertz CT molecular complexity index is 636. The second kappa shape index (κ2) is 9.99. The summed E-state index contributed by atoms with van der Waals surface area (Å²) in [7, 11) is 1.93. The lowest BCUT2D eigenvalue weighted by molar-refractivity contribution is 0.0731. The number of nitrogens with one attached hydrogen (secondary N) is 1. The molecule has 0 aliphatic carbocycles. The molecule has 0 spiro atoms. The van der Waals surface area contributed by atoms with Crippen LogP contribution < -0.4 is 5.32 Å². The van der Waals surface area contributed by atoms with Crippen molar-refractivity contribution in [1.82, 2.24) is 15.2 Å². The fourth-order valence-corrected chi connectivity index (χ4v) is 3.76. The van der Waals surface area contributed by atoms with Crippen LogP contribution in [0.5, 0.6) is 0 Å². The quantitative estimate of drug-likeness (QED) is 0.854. The van der Waals surface area contributed by atoms with Gasteiger partial charge in [0.25, 0.3) is 5.91 Å². The van der Waals surface area contributed by atoms with Crippen molar-refractivity contribution in [2.45, 2.75) is 25.3 Å². The summed E-state index contributed by atoms with van der Waals surface area (Å²) in [5, 5.41) is 6.07. The number of hydrogen-bond acceptors (Lipinski definition) is 4. The molecule has 1 aromatic heterocycles. The summed E-state index contributed by atoms with van der Waals surface area (Å²) < 4.78 is 0. The molecule has 2 heterocycles. The maximum absolute atomic E-state index is 12.6. The van der Waals surface area contributed by atoms with E-state index >= 15 is 0 Å². The first kappa shape index (κ1) is 20.9. The first-order valence-corrected chi connectivity index (χ1v) is 8.60. The summed E-state index contributed by atoms with van der Waals surface area (Å²) in [5.41, 5.74) is 1.82. The number of aromatic nitrogens is 1. The highest BCUT2D eigenvalue weighted by atomic mass is 35.5. The van der Waals surface area contributed by atoms with Crippen LogP contribution in [0.1, 0.15) is 33.9 Å². The van der Waals surface area contributed by atoms with Crippen molar-refractivity contribution >= 4 is 42.1 Å². The molecular formula is C17H23Cl2N3OS. The molecule has 24 heavy (non-hydrogen) atoms. The maximum Gasteiger partial charge on any atom is 0.273 e. The Morgan fingerprint density at radius 1 is 1.33 bits per heavy atom. The Morgan fingerprint density at radius 3 is 2.79 bits per heavy atom. The van der Waals surface area contributed by atoms with Crippen molar-refractivity contribution in [3.63, 3.8) is 0 Å². The van der Waals surface area contributed by atoms with Gasteiger partial charge < -0.3 is 10.2 Å². The lowest BCUT2D eigenvalue weighted by atomic mass is 10.2. The van der Waals surface area contributed by atoms with E-state index < -0.39 is 0 Å². The Morgan fingerprint density at radius 2 is 2.08 bits per heavy atom. The van der Waals surface area contributed by atoms with Crippen LogP contribution in [0.4, 0.5) is 0 Å². The molecule has 0 saturated carbocycles. The minimum Gasteiger partial charge on any atom is -0.333 e. The molecule has 1 fully saturated rings. The van der Waals surface area contributed by atoms with E-state index in [1.165, 1.54) is 5.56 Å². The van der Waals surface area contributed by atoms with Gasteiger partial charge in [0.05, 0.1) is 5.01 Å². The molecule has 1 atom stereocenters. The SMILES string of the molecule is CNCC1CCCN1C(=O)c1csc(Cc2ccccc2)n1.Cl.Cl. The van der Waals surface area contributed by atoms with Crippen LogP contribution in [0.3, 0.4) is 0 Å². The van der Waals surface area contributed by atoms with Gasteiger partial charge in [-0.1, -0.05) is 30.3 Å². The normalized spacial score (nSPS) is 16.4. The van der Waals surface area contributed by atoms with Crippen LogP contribution in [0.25, 0.3) is 0 Å². The Labute approximate surface area is 159 Å². The molecule has 1 aliphatic heterocycles. The van der Waals surface area contributed by atoms with Crippen LogP contribution in [0.15, 0.2) is 35.7 Å². The van der Waals surface area contributed by atoms with Crippen molar-refractivity contribution in [2.24, 2.45) is 0 Å². The monoisotopic (exact) mass is 387 g/mol. The Kier molecular flexibility index (Phi) is 8.70. The molecule has 0 bridgehead atoms. The second-order valence-electron chi connectivity index (χ2n) is 5.64. The molecule has 1 amide bonds. The number of carbonyl (C=O) groups excluding carboxylic acids is 1. The van der Waals surface area contributed by atoms with Crippen LogP contribution in [-0.4, -0.2) is 42.0 Å². The molecule has 2 aromatic rings. The fourth-order valence-electron chi connectivity index (χ4n) is 2.96. The van der Waals surface area contributed by atoms with Gasteiger partial charge in [0.1, 0.15) is 5.69 Å². The number of thiazole rings is 1. The summed E-state index contributed by atoms with van der Waals surface area (Å²) in [4.78, 5) is 19.2. The van der Waals surface area contributed by atoms with Gasteiger partial charge >= 0.3 is 0 Å². The number of nitrogens with zero attached hydrogens (tertiary/aromatic N) is 2. The van der Waals surface area contributed by atoms with Crippen molar-refractivity contribution in [1.29, 1.82) is 0 Å². The molecule has 1 unspecified atom stereocenters. The number of benzene rings is 1. The molecule has 1 N–H and O–H groups in total. The molecule has 1 saturated heterocycles. The van der Waals surface area contributed by atoms with Crippen LogP contribution in [0, 0.1) is 0 Å². The first-order chi connectivity index (χ1) is 10.8. The van der Waals surface area contributed by atoms with Gasteiger partial charge in [0, 0.05) is 30.9 Å². The van der Waals surface area contributed by atoms with Gasteiger partial charge in [-0.05, 0) is 25.5 Å². The van der Waals surface area contributed by atoms with Crippen LogP contribution in [-0.2, 0) is 6.42 Å². The van der Waals surface area contributed by atoms with Gasteiger partial charge in [-0.3, -0.25) is 4.79 Å². The zero-order valence-electron chi connectivity index (χ0n) is 13.6. The van der Waals surface area contributed by atoms with Crippen molar-refractivity contribution < 1.29 is 4.79 Å². The highest BCUT2D eigenvalue weighted by Gasteiger charge is 2.29. The molecule has 0 radical (unpaired) electrons. The van der Waals surface area contributed by atoms with E-state index in [0.29, 0.717) is 11.7 Å². The van der Waals surface area contributed by atoms with Crippen molar-refractivity contribution in [3.05, 3.63) is 52.0 Å². The lowest BCUT2D eigenvalue weighted by Gasteiger charge is -2.23. The van der Waals surface area contributed by atoms with Crippen molar-refractivity contribution in [3.8, 4) is 0 Å². The number of halogens is 2. The van der Waals surface area contributed by atoms with E-state index in [1.54, 1.807) is 11.3 Å². The number of hydrogen-bond donors (Lipinski definition) is 1. The maximum atomic E-state index is 12.6. The van der Waals surface area contributed by atoms with E-state index in [4.69, 9.17) is 0 Å². The zero-order valence-corrected chi connectivity index (χ0v) is 16.1. The third-order valence-electron chi connectivity index (χ3n) is 4.05. The van der Waals surface area contributed by atoms with E-state index in [2.05, 4.69) is 22.4 Å². The zero-order chi connectivity index (χ0) is 15.4. The summed E-state index contributed by atoms with van der Waals surface area (Å²) in [5.74, 6) is 0.0771. The highest BCUT2D eigenvalue weighted by Crippen LogP contribution is 2.21. The lowest BCUT2D eigenvalue weighted by Crippen LogP contribution is -2.40. The first-order valence-electron chi connectivity index (χ1n) is 7.72. The van der Waals surface area contributed by atoms with Crippen LogP contribution in [0.2, 0.25) is 0 Å².